The summed E-state index contributed by atoms with van der Waals surface area (Å²) >= 11 is 11.5. The lowest BCUT2D eigenvalue weighted by Crippen LogP contribution is -2.21. The summed E-state index contributed by atoms with van der Waals surface area (Å²) in [5.74, 6) is 0.791. The highest BCUT2D eigenvalue weighted by atomic mass is 35.5. The lowest BCUT2D eigenvalue weighted by molar-refractivity contribution is 0.414. The normalized spacial score (nSPS) is 10.0. The van der Waals surface area contributed by atoms with E-state index in [4.69, 9.17) is 28.6 Å². The van der Waals surface area contributed by atoms with E-state index >= 15 is 0 Å². The van der Waals surface area contributed by atoms with E-state index in [0.717, 1.165) is 21.9 Å². The molecule has 2 aromatic rings. The summed E-state index contributed by atoms with van der Waals surface area (Å²) in [5, 5.41) is 3.94. The van der Waals surface area contributed by atoms with Gasteiger partial charge in [0.2, 0.25) is 0 Å². The number of hydrogen-bond donors (Lipinski definition) is 1. The number of rotatable bonds is 4. The van der Waals surface area contributed by atoms with Crippen LogP contribution >= 0.6 is 23.8 Å². The van der Waals surface area contributed by atoms with Crippen molar-refractivity contribution in [3.8, 4) is 5.75 Å². The van der Waals surface area contributed by atoms with Crippen molar-refractivity contribution in [3.63, 3.8) is 0 Å². The minimum atomic E-state index is 0.607. The van der Waals surface area contributed by atoms with Crippen LogP contribution in [0.3, 0.4) is 0 Å². The smallest absolute Gasteiger partial charge is 0.119 e. The van der Waals surface area contributed by atoms with Crippen molar-refractivity contribution in [1.82, 2.24) is 5.32 Å². The van der Waals surface area contributed by atoms with Crippen LogP contribution in [0.4, 0.5) is 0 Å². The van der Waals surface area contributed by atoms with Gasteiger partial charge in [0.15, 0.2) is 0 Å². The SMILES string of the molecule is COc1cccc(C(=S)NCc2ccccc2Cl)c1. The molecule has 19 heavy (non-hydrogen) atoms. The molecule has 0 amide bonds. The van der Waals surface area contributed by atoms with Gasteiger partial charge in [-0.25, -0.2) is 0 Å². The van der Waals surface area contributed by atoms with Gasteiger partial charge in [-0.2, -0.15) is 0 Å². The molecule has 0 radical (unpaired) electrons. The Morgan fingerprint density at radius 2 is 2.00 bits per heavy atom. The Balaban J connectivity index is 2.03. The Morgan fingerprint density at radius 1 is 1.21 bits per heavy atom. The molecule has 0 saturated carbocycles. The first kappa shape index (κ1) is 13.8. The highest BCUT2D eigenvalue weighted by Crippen LogP contribution is 2.16. The average Bonchev–Trinajstić information content (AvgIpc) is 2.46. The highest BCUT2D eigenvalue weighted by molar-refractivity contribution is 7.80. The van der Waals surface area contributed by atoms with Gasteiger partial charge in [-0.15, -0.1) is 0 Å². The predicted octanol–water partition coefficient (Wildman–Crippen LogP) is 3.81. The van der Waals surface area contributed by atoms with Crippen LogP contribution < -0.4 is 10.1 Å². The summed E-state index contributed by atoms with van der Waals surface area (Å²) in [6.07, 6.45) is 0. The Morgan fingerprint density at radius 3 is 2.74 bits per heavy atom. The van der Waals surface area contributed by atoms with Crippen molar-refractivity contribution in [2.45, 2.75) is 6.54 Å². The van der Waals surface area contributed by atoms with Gasteiger partial charge in [-0.3, -0.25) is 0 Å². The minimum absolute atomic E-state index is 0.607. The minimum Gasteiger partial charge on any atom is -0.497 e. The summed E-state index contributed by atoms with van der Waals surface area (Å²) in [4.78, 5) is 0.679. The van der Waals surface area contributed by atoms with Gasteiger partial charge < -0.3 is 10.1 Å². The molecule has 0 unspecified atom stereocenters. The van der Waals surface area contributed by atoms with E-state index in [-0.39, 0.29) is 0 Å². The Bertz CT molecular complexity index is 586. The zero-order valence-corrected chi connectivity index (χ0v) is 12.1. The maximum atomic E-state index is 6.10. The largest absolute Gasteiger partial charge is 0.497 e. The Labute approximate surface area is 123 Å². The zero-order valence-electron chi connectivity index (χ0n) is 10.5. The molecule has 0 saturated heterocycles. The molecule has 2 rings (SSSR count). The lowest BCUT2D eigenvalue weighted by Gasteiger charge is -2.10. The van der Waals surface area contributed by atoms with Crippen LogP contribution in [-0.2, 0) is 6.54 Å². The summed E-state index contributed by atoms with van der Waals surface area (Å²) in [7, 11) is 1.64. The summed E-state index contributed by atoms with van der Waals surface area (Å²) < 4.78 is 5.18. The van der Waals surface area contributed by atoms with Crippen molar-refractivity contribution in [3.05, 3.63) is 64.7 Å². The van der Waals surface area contributed by atoms with Crippen LogP contribution in [0.1, 0.15) is 11.1 Å². The Kier molecular flexibility index (Phi) is 4.77. The van der Waals surface area contributed by atoms with E-state index in [2.05, 4.69) is 5.32 Å². The standard InChI is InChI=1S/C15H14ClNOS/c1-18-13-7-4-6-11(9-13)15(19)17-10-12-5-2-3-8-14(12)16/h2-9H,10H2,1H3,(H,17,19). The zero-order chi connectivity index (χ0) is 13.7. The second-order valence-corrected chi connectivity index (χ2v) is 4.82. The van der Waals surface area contributed by atoms with Gasteiger partial charge in [-0.1, -0.05) is 54.2 Å². The number of halogens is 1. The molecule has 0 spiro atoms. The van der Waals surface area contributed by atoms with Crippen molar-refractivity contribution in [1.29, 1.82) is 0 Å². The van der Waals surface area contributed by atoms with Crippen molar-refractivity contribution < 1.29 is 4.74 Å². The van der Waals surface area contributed by atoms with E-state index in [1.807, 2.05) is 48.5 Å². The fourth-order valence-electron chi connectivity index (χ4n) is 1.68. The summed E-state index contributed by atoms with van der Waals surface area (Å²) in [6.45, 7) is 0.607. The van der Waals surface area contributed by atoms with Gasteiger partial charge >= 0.3 is 0 Å². The molecule has 1 N–H and O–H groups in total. The van der Waals surface area contributed by atoms with E-state index in [1.54, 1.807) is 7.11 Å². The predicted molar refractivity (Wildman–Crippen MR) is 83.0 cm³/mol. The topological polar surface area (TPSA) is 21.3 Å². The molecule has 0 fully saturated rings. The number of hydrogen-bond acceptors (Lipinski definition) is 2. The van der Waals surface area contributed by atoms with Crippen LogP contribution in [0.5, 0.6) is 5.75 Å². The third kappa shape index (κ3) is 3.69. The molecule has 2 aromatic carbocycles. The molecule has 98 valence electrons. The summed E-state index contributed by atoms with van der Waals surface area (Å²) in [5.41, 5.74) is 1.95. The molecule has 0 aromatic heterocycles. The second kappa shape index (κ2) is 6.55. The third-order valence-electron chi connectivity index (χ3n) is 2.73. The third-order valence-corrected chi connectivity index (χ3v) is 3.48. The van der Waals surface area contributed by atoms with Crippen LogP contribution in [0.15, 0.2) is 48.5 Å². The van der Waals surface area contributed by atoms with Gasteiger partial charge in [0.05, 0.1) is 7.11 Å². The van der Waals surface area contributed by atoms with E-state index in [9.17, 15) is 0 Å². The monoisotopic (exact) mass is 291 g/mol. The first-order valence-electron chi connectivity index (χ1n) is 5.86. The van der Waals surface area contributed by atoms with E-state index in [1.165, 1.54) is 0 Å². The number of thiocarbonyl (C=S) groups is 1. The number of methoxy groups -OCH3 is 1. The maximum Gasteiger partial charge on any atom is 0.119 e. The Hall–Kier alpha value is -1.58. The molecule has 0 bridgehead atoms. The molecule has 0 aliphatic heterocycles. The molecule has 0 aliphatic carbocycles. The first-order valence-corrected chi connectivity index (χ1v) is 6.65. The lowest BCUT2D eigenvalue weighted by atomic mass is 10.2. The van der Waals surface area contributed by atoms with Gasteiger partial charge in [0, 0.05) is 17.1 Å². The summed E-state index contributed by atoms with van der Waals surface area (Å²) in [6, 6.07) is 15.4. The van der Waals surface area contributed by atoms with Gasteiger partial charge in [-0.05, 0) is 23.8 Å². The fourth-order valence-corrected chi connectivity index (χ4v) is 2.09. The molecule has 4 heteroatoms. The fraction of sp³-hybridized carbons (Fsp3) is 0.133. The van der Waals surface area contributed by atoms with Crippen LogP contribution in [0.2, 0.25) is 5.02 Å². The van der Waals surface area contributed by atoms with E-state index in [0.29, 0.717) is 11.5 Å². The average molecular weight is 292 g/mol. The van der Waals surface area contributed by atoms with Crippen molar-refractivity contribution in [2.24, 2.45) is 0 Å². The van der Waals surface area contributed by atoms with Gasteiger partial charge in [0.25, 0.3) is 0 Å². The number of ether oxygens (including phenoxy) is 1. The molecular formula is C15H14ClNOS. The maximum absolute atomic E-state index is 6.10. The highest BCUT2D eigenvalue weighted by Gasteiger charge is 2.04. The molecule has 0 heterocycles. The van der Waals surface area contributed by atoms with Crippen LogP contribution in [0, 0.1) is 0 Å². The molecular weight excluding hydrogens is 278 g/mol. The first-order chi connectivity index (χ1) is 9.20. The van der Waals surface area contributed by atoms with Crippen molar-refractivity contribution in [2.75, 3.05) is 7.11 Å². The number of benzene rings is 2. The second-order valence-electron chi connectivity index (χ2n) is 4.01. The van der Waals surface area contributed by atoms with Crippen molar-refractivity contribution >= 4 is 28.8 Å². The molecule has 0 atom stereocenters. The van der Waals surface area contributed by atoms with E-state index < -0.39 is 0 Å². The molecule has 2 nitrogen and oxygen atoms in total. The quantitative estimate of drug-likeness (QED) is 0.866. The van der Waals surface area contributed by atoms with Gasteiger partial charge in [0.1, 0.15) is 10.7 Å². The van der Waals surface area contributed by atoms with Crippen LogP contribution in [0.25, 0.3) is 0 Å². The number of nitrogens with one attached hydrogen (secondary N) is 1. The molecule has 0 aliphatic rings. The van der Waals surface area contributed by atoms with Crippen LogP contribution in [-0.4, -0.2) is 12.1 Å².